The normalized spacial score (nSPS) is 10.6. The Bertz CT molecular complexity index is 467. The lowest BCUT2D eigenvalue weighted by atomic mass is 10.1. The Morgan fingerprint density at radius 1 is 1.29 bits per heavy atom. The Morgan fingerprint density at radius 2 is 2.06 bits per heavy atom. The molecule has 0 radical (unpaired) electrons. The van der Waals surface area contributed by atoms with Crippen LogP contribution in [0.5, 0.6) is 0 Å². The van der Waals surface area contributed by atoms with E-state index in [1.54, 1.807) is 11.8 Å². The maximum absolute atomic E-state index is 5.62. The summed E-state index contributed by atoms with van der Waals surface area (Å²) in [5.74, 6) is 3.28. The number of hydrogen-bond acceptors (Lipinski definition) is 5. The number of benzene rings is 1. The Labute approximate surface area is 105 Å². The van der Waals surface area contributed by atoms with Crippen LogP contribution >= 0.6 is 11.8 Å². The lowest BCUT2D eigenvalue weighted by Crippen LogP contribution is -1.91. The first-order chi connectivity index (χ1) is 8.28. The number of aromatic nitrogens is 2. The third-order valence-corrected chi connectivity index (χ3v) is 3.15. The van der Waals surface area contributed by atoms with E-state index in [9.17, 15) is 0 Å². The van der Waals surface area contributed by atoms with E-state index in [0.717, 1.165) is 28.6 Å². The van der Waals surface area contributed by atoms with Gasteiger partial charge in [-0.05, 0) is 23.4 Å². The molecule has 0 saturated heterocycles. The highest BCUT2D eigenvalue weighted by Gasteiger charge is 2.06. The van der Waals surface area contributed by atoms with Crippen molar-refractivity contribution in [3.63, 3.8) is 0 Å². The molecule has 0 aliphatic carbocycles. The SMILES string of the molecule is CCSCc1noc(Cc2ccc(N)cc2)n1. The van der Waals surface area contributed by atoms with Gasteiger partial charge in [-0.1, -0.05) is 24.2 Å². The summed E-state index contributed by atoms with van der Waals surface area (Å²) in [4.78, 5) is 4.34. The average molecular weight is 249 g/mol. The standard InChI is InChI=1S/C12H15N3OS/c1-2-17-8-11-14-12(16-15-11)7-9-3-5-10(13)6-4-9/h3-6H,2,7-8,13H2,1H3. The Kier molecular flexibility index (Phi) is 4.03. The van der Waals surface area contributed by atoms with Crippen LogP contribution in [-0.4, -0.2) is 15.9 Å². The van der Waals surface area contributed by atoms with Crippen LogP contribution in [0.3, 0.4) is 0 Å². The van der Waals surface area contributed by atoms with Crippen molar-refractivity contribution >= 4 is 17.4 Å². The van der Waals surface area contributed by atoms with E-state index in [0.29, 0.717) is 12.3 Å². The van der Waals surface area contributed by atoms with Crippen molar-refractivity contribution in [3.05, 3.63) is 41.5 Å². The minimum atomic E-state index is 0.654. The van der Waals surface area contributed by atoms with Crippen LogP contribution in [0, 0.1) is 0 Å². The molecule has 0 amide bonds. The van der Waals surface area contributed by atoms with Gasteiger partial charge >= 0.3 is 0 Å². The molecule has 1 heterocycles. The summed E-state index contributed by atoms with van der Waals surface area (Å²) in [6, 6.07) is 7.69. The molecule has 0 unspecified atom stereocenters. The van der Waals surface area contributed by atoms with Crippen molar-refractivity contribution in [2.75, 3.05) is 11.5 Å². The van der Waals surface area contributed by atoms with E-state index in [-0.39, 0.29) is 0 Å². The highest BCUT2D eigenvalue weighted by atomic mass is 32.2. The number of nitrogens with zero attached hydrogens (tertiary/aromatic N) is 2. The van der Waals surface area contributed by atoms with Gasteiger partial charge in [0.2, 0.25) is 5.89 Å². The van der Waals surface area contributed by atoms with Gasteiger partial charge in [0.15, 0.2) is 5.82 Å². The molecular weight excluding hydrogens is 234 g/mol. The fourth-order valence-corrected chi connectivity index (χ4v) is 1.93. The first-order valence-corrected chi connectivity index (χ1v) is 6.67. The summed E-state index contributed by atoms with van der Waals surface area (Å²) in [7, 11) is 0. The number of thioether (sulfide) groups is 1. The molecule has 2 rings (SSSR count). The van der Waals surface area contributed by atoms with Crippen LogP contribution in [-0.2, 0) is 12.2 Å². The fraction of sp³-hybridized carbons (Fsp3) is 0.333. The van der Waals surface area contributed by atoms with Crippen molar-refractivity contribution in [1.29, 1.82) is 0 Å². The van der Waals surface area contributed by atoms with Crippen molar-refractivity contribution in [1.82, 2.24) is 10.1 Å². The number of hydrogen-bond donors (Lipinski definition) is 1. The molecule has 0 aliphatic heterocycles. The molecule has 0 bridgehead atoms. The maximum Gasteiger partial charge on any atom is 0.231 e. The number of nitrogen functional groups attached to an aromatic ring is 1. The molecule has 17 heavy (non-hydrogen) atoms. The second-order valence-electron chi connectivity index (χ2n) is 3.66. The minimum Gasteiger partial charge on any atom is -0.399 e. The lowest BCUT2D eigenvalue weighted by molar-refractivity contribution is 0.381. The first-order valence-electron chi connectivity index (χ1n) is 5.51. The summed E-state index contributed by atoms with van der Waals surface area (Å²) in [6.45, 7) is 2.11. The van der Waals surface area contributed by atoms with Crippen molar-refractivity contribution in [2.45, 2.75) is 19.1 Å². The van der Waals surface area contributed by atoms with Crippen LogP contribution in [0.25, 0.3) is 0 Å². The van der Waals surface area contributed by atoms with Crippen LogP contribution in [0.1, 0.15) is 24.2 Å². The Balaban J connectivity index is 1.98. The van der Waals surface area contributed by atoms with Gasteiger partial charge in [-0.3, -0.25) is 0 Å². The Morgan fingerprint density at radius 3 is 2.76 bits per heavy atom. The largest absolute Gasteiger partial charge is 0.399 e. The van der Waals surface area contributed by atoms with Gasteiger partial charge in [0.05, 0.1) is 12.2 Å². The summed E-state index contributed by atoms with van der Waals surface area (Å²) in [6.07, 6.45) is 0.657. The zero-order chi connectivity index (χ0) is 12.1. The van der Waals surface area contributed by atoms with E-state index < -0.39 is 0 Å². The van der Waals surface area contributed by atoms with Gasteiger partial charge in [-0.15, -0.1) is 0 Å². The van der Waals surface area contributed by atoms with Gasteiger partial charge in [-0.2, -0.15) is 16.7 Å². The van der Waals surface area contributed by atoms with Crippen molar-refractivity contribution in [3.8, 4) is 0 Å². The predicted molar refractivity (Wildman–Crippen MR) is 69.8 cm³/mol. The van der Waals surface area contributed by atoms with Crippen LogP contribution < -0.4 is 5.73 Å². The van der Waals surface area contributed by atoms with Crippen LogP contribution in [0.4, 0.5) is 5.69 Å². The molecule has 0 atom stereocenters. The van der Waals surface area contributed by atoms with E-state index in [1.165, 1.54) is 0 Å². The second-order valence-corrected chi connectivity index (χ2v) is 4.93. The zero-order valence-electron chi connectivity index (χ0n) is 9.72. The van der Waals surface area contributed by atoms with Crippen molar-refractivity contribution in [2.24, 2.45) is 0 Å². The van der Waals surface area contributed by atoms with Crippen molar-refractivity contribution < 1.29 is 4.52 Å². The average Bonchev–Trinajstić information content (AvgIpc) is 2.77. The molecule has 5 heteroatoms. The monoisotopic (exact) mass is 249 g/mol. The number of rotatable bonds is 5. The minimum absolute atomic E-state index is 0.654. The second kappa shape index (κ2) is 5.72. The molecule has 1 aromatic carbocycles. The van der Waals surface area contributed by atoms with Gasteiger partial charge in [0.1, 0.15) is 0 Å². The smallest absolute Gasteiger partial charge is 0.231 e. The van der Waals surface area contributed by atoms with Gasteiger partial charge in [0, 0.05) is 5.69 Å². The highest BCUT2D eigenvalue weighted by Crippen LogP contribution is 2.12. The van der Waals surface area contributed by atoms with Gasteiger partial charge in [-0.25, -0.2) is 0 Å². The molecule has 2 aromatic rings. The predicted octanol–water partition coefficient (Wildman–Crippen LogP) is 2.50. The first kappa shape index (κ1) is 12.0. The fourth-order valence-electron chi connectivity index (χ4n) is 1.42. The molecule has 0 spiro atoms. The molecule has 2 N–H and O–H groups in total. The van der Waals surface area contributed by atoms with Gasteiger partial charge < -0.3 is 10.3 Å². The third-order valence-electron chi connectivity index (χ3n) is 2.28. The van der Waals surface area contributed by atoms with E-state index in [4.69, 9.17) is 10.3 Å². The lowest BCUT2D eigenvalue weighted by Gasteiger charge is -1.97. The molecule has 4 nitrogen and oxygen atoms in total. The molecule has 90 valence electrons. The number of nitrogens with two attached hydrogens (primary N) is 1. The quantitative estimate of drug-likeness (QED) is 0.825. The summed E-state index contributed by atoms with van der Waals surface area (Å²) < 4.78 is 5.19. The highest BCUT2D eigenvalue weighted by molar-refractivity contribution is 7.98. The molecule has 1 aromatic heterocycles. The van der Waals surface area contributed by atoms with E-state index >= 15 is 0 Å². The summed E-state index contributed by atoms with van der Waals surface area (Å²) in [5, 5.41) is 3.94. The summed E-state index contributed by atoms with van der Waals surface area (Å²) in [5.41, 5.74) is 7.51. The van der Waals surface area contributed by atoms with E-state index in [2.05, 4.69) is 17.1 Å². The summed E-state index contributed by atoms with van der Waals surface area (Å²) >= 11 is 1.78. The molecular formula is C12H15N3OS. The molecule has 0 fully saturated rings. The Hall–Kier alpha value is -1.49. The maximum atomic E-state index is 5.62. The van der Waals surface area contributed by atoms with Crippen LogP contribution in [0.15, 0.2) is 28.8 Å². The molecule has 0 aliphatic rings. The number of anilines is 1. The third kappa shape index (κ3) is 3.49. The zero-order valence-corrected chi connectivity index (χ0v) is 10.5. The van der Waals surface area contributed by atoms with Crippen LogP contribution in [0.2, 0.25) is 0 Å². The van der Waals surface area contributed by atoms with E-state index in [1.807, 2.05) is 24.3 Å². The topological polar surface area (TPSA) is 64.9 Å². The van der Waals surface area contributed by atoms with Gasteiger partial charge in [0.25, 0.3) is 0 Å². The molecule has 0 saturated carbocycles.